The highest BCUT2D eigenvalue weighted by molar-refractivity contribution is 6.08. The van der Waals surface area contributed by atoms with E-state index in [0.717, 1.165) is 6.08 Å². The van der Waals surface area contributed by atoms with Crippen LogP contribution in [0.5, 0.6) is 5.75 Å². The fourth-order valence-corrected chi connectivity index (χ4v) is 2.00. The van der Waals surface area contributed by atoms with Crippen LogP contribution in [0.2, 0.25) is 0 Å². The molecule has 0 aliphatic rings. The fraction of sp³-hybridized carbons (Fsp3) is 0.105. The molecule has 2 rings (SSSR count). The molecule has 0 heterocycles. The summed E-state index contributed by atoms with van der Waals surface area (Å²) in [6.07, 6.45) is 0.331. The lowest BCUT2D eigenvalue weighted by molar-refractivity contribution is -0.111. The minimum absolute atomic E-state index is 0.209. The number of amides is 2. The average molecular weight is 354 g/mol. The Morgan fingerprint density at radius 1 is 1.00 bits per heavy atom. The van der Waals surface area contributed by atoms with E-state index in [9.17, 15) is 14.4 Å². The van der Waals surface area contributed by atoms with Crippen LogP contribution in [0, 0.1) is 0 Å². The monoisotopic (exact) mass is 354 g/mol. The number of para-hydroxylation sites is 2. The fourth-order valence-electron chi connectivity index (χ4n) is 2.00. The van der Waals surface area contributed by atoms with Gasteiger partial charge in [-0.1, -0.05) is 18.7 Å². The van der Waals surface area contributed by atoms with Gasteiger partial charge in [0.25, 0.3) is 5.91 Å². The minimum atomic E-state index is -0.809. The van der Waals surface area contributed by atoms with Crippen LogP contribution in [0.3, 0.4) is 0 Å². The van der Waals surface area contributed by atoms with E-state index >= 15 is 0 Å². The standard InChI is InChI=1S/C19H18N2O5/c1-3-17(22)20-15-7-5-6-8-16(15)21-18(23)13-9-11-14(12-10-13)26-19(24)25-4-2/h3,5-12H,1,4H2,2H3,(H,20,22)(H,21,23). The molecule has 2 amide bonds. The molecule has 0 unspecified atom stereocenters. The zero-order valence-corrected chi connectivity index (χ0v) is 14.2. The number of anilines is 2. The number of carbonyl (C=O) groups excluding carboxylic acids is 3. The zero-order valence-electron chi connectivity index (χ0n) is 14.2. The number of hydrogen-bond donors (Lipinski definition) is 2. The smallest absolute Gasteiger partial charge is 0.434 e. The Bertz CT molecular complexity index is 815. The van der Waals surface area contributed by atoms with E-state index in [1.807, 2.05) is 0 Å². The van der Waals surface area contributed by atoms with E-state index < -0.39 is 6.16 Å². The quantitative estimate of drug-likeness (QED) is 0.470. The maximum absolute atomic E-state index is 12.4. The maximum Gasteiger partial charge on any atom is 0.513 e. The predicted molar refractivity (Wildman–Crippen MR) is 97.3 cm³/mol. The van der Waals surface area contributed by atoms with Gasteiger partial charge in [-0.25, -0.2) is 4.79 Å². The van der Waals surface area contributed by atoms with Gasteiger partial charge in [0.15, 0.2) is 0 Å². The minimum Gasteiger partial charge on any atom is -0.434 e. The summed E-state index contributed by atoms with van der Waals surface area (Å²) in [7, 11) is 0. The highest BCUT2D eigenvalue weighted by Gasteiger charge is 2.11. The van der Waals surface area contributed by atoms with Crippen molar-refractivity contribution >= 4 is 29.3 Å². The molecular formula is C19H18N2O5. The van der Waals surface area contributed by atoms with Crippen molar-refractivity contribution in [2.24, 2.45) is 0 Å². The molecule has 7 nitrogen and oxygen atoms in total. The Kier molecular flexibility index (Phi) is 6.50. The predicted octanol–water partition coefficient (Wildman–Crippen LogP) is 3.60. The molecule has 0 spiro atoms. The first-order chi connectivity index (χ1) is 12.5. The van der Waals surface area contributed by atoms with Crippen molar-refractivity contribution in [3.05, 3.63) is 66.7 Å². The third-order valence-corrected chi connectivity index (χ3v) is 3.20. The summed E-state index contributed by atoms with van der Waals surface area (Å²) in [5.74, 6) is -0.501. The molecular weight excluding hydrogens is 336 g/mol. The number of benzene rings is 2. The zero-order chi connectivity index (χ0) is 18.9. The van der Waals surface area contributed by atoms with Crippen LogP contribution < -0.4 is 15.4 Å². The summed E-state index contributed by atoms with van der Waals surface area (Å²) >= 11 is 0. The summed E-state index contributed by atoms with van der Waals surface area (Å²) in [5.41, 5.74) is 1.25. The van der Waals surface area contributed by atoms with Crippen molar-refractivity contribution < 1.29 is 23.9 Å². The Morgan fingerprint density at radius 2 is 1.62 bits per heavy atom. The number of nitrogens with one attached hydrogen (secondary N) is 2. The van der Waals surface area contributed by atoms with Crippen molar-refractivity contribution in [2.75, 3.05) is 17.2 Å². The molecule has 0 aliphatic heterocycles. The summed E-state index contributed by atoms with van der Waals surface area (Å²) in [5, 5.41) is 5.33. The first-order valence-corrected chi connectivity index (χ1v) is 7.82. The van der Waals surface area contributed by atoms with E-state index in [0.29, 0.717) is 16.9 Å². The topological polar surface area (TPSA) is 93.7 Å². The van der Waals surface area contributed by atoms with Crippen LogP contribution in [0.15, 0.2) is 61.2 Å². The molecule has 0 aromatic heterocycles. The second-order valence-corrected chi connectivity index (χ2v) is 5.00. The largest absolute Gasteiger partial charge is 0.513 e. The van der Waals surface area contributed by atoms with Crippen LogP contribution in [0.1, 0.15) is 17.3 Å². The third kappa shape index (κ3) is 5.20. The summed E-state index contributed by atoms with van der Waals surface area (Å²) in [6.45, 7) is 5.27. The number of hydrogen-bond acceptors (Lipinski definition) is 5. The van der Waals surface area contributed by atoms with Gasteiger partial charge in [0, 0.05) is 5.56 Å². The van der Waals surface area contributed by atoms with Gasteiger partial charge in [-0.05, 0) is 49.4 Å². The van der Waals surface area contributed by atoms with Gasteiger partial charge in [0.1, 0.15) is 5.75 Å². The summed E-state index contributed by atoms with van der Waals surface area (Å²) in [6, 6.07) is 12.8. The van der Waals surface area contributed by atoms with E-state index in [4.69, 9.17) is 4.74 Å². The lowest BCUT2D eigenvalue weighted by Gasteiger charge is -2.11. The lowest BCUT2D eigenvalue weighted by atomic mass is 10.2. The van der Waals surface area contributed by atoms with Crippen molar-refractivity contribution in [2.45, 2.75) is 6.92 Å². The van der Waals surface area contributed by atoms with Gasteiger partial charge >= 0.3 is 6.16 Å². The van der Waals surface area contributed by atoms with E-state index in [1.165, 1.54) is 24.3 Å². The third-order valence-electron chi connectivity index (χ3n) is 3.20. The molecule has 0 saturated heterocycles. The average Bonchev–Trinajstić information content (AvgIpc) is 2.64. The highest BCUT2D eigenvalue weighted by Crippen LogP contribution is 2.22. The highest BCUT2D eigenvalue weighted by atomic mass is 16.7. The first kappa shape index (κ1) is 18.7. The second-order valence-electron chi connectivity index (χ2n) is 5.00. The van der Waals surface area contributed by atoms with Crippen molar-refractivity contribution in [3.8, 4) is 5.75 Å². The SMILES string of the molecule is C=CC(=O)Nc1ccccc1NC(=O)c1ccc(OC(=O)OCC)cc1. The Hall–Kier alpha value is -3.61. The first-order valence-electron chi connectivity index (χ1n) is 7.82. The molecule has 0 bridgehead atoms. The number of carbonyl (C=O) groups is 3. The van der Waals surface area contributed by atoms with E-state index in [-0.39, 0.29) is 24.2 Å². The van der Waals surface area contributed by atoms with Crippen LogP contribution in [0.25, 0.3) is 0 Å². The lowest BCUT2D eigenvalue weighted by Crippen LogP contribution is -2.15. The van der Waals surface area contributed by atoms with Crippen molar-refractivity contribution in [1.82, 2.24) is 0 Å². The summed E-state index contributed by atoms with van der Waals surface area (Å²) < 4.78 is 9.61. The molecule has 7 heteroatoms. The maximum atomic E-state index is 12.4. The van der Waals surface area contributed by atoms with Gasteiger partial charge in [-0.15, -0.1) is 0 Å². The van der Waals surface area contributed by atoms with Gasteiger partial charge in [0.05, 0.1) is 18.0 Å². The number of ether oxygens (including phenoxy) is 2. The molecule has 0 aliphatic carbocycles. The van der Waals surface area contributed by atoms with Crippen LogP contribution in [-0.4, -0.2) is 24.6 Å². The number of rotatable bonds is 6. The summed E-state index contributed by atoms with van der Waals surface area (Å²) in [4.78, 5) is 35.1. The molecule has 134 valence electrons. The van der Waals surface area contributed by atoms with E-state index in [1.54, 1.807) is 31.2 Å². The Labute approximate surface area is 150 Å². The second kappa shape index (κ2) is 9.03. The Balaban J connectivity index is 2.07. The molecule has 2 aromatic rings. The van der Waals surface area contributed by atoms with Gasteiger partial charge < -0.3 is 20.1 Å². The molecule has 2 N–H and O–H groups in total. The van der Waals surface area contributed by atoms with Gasteiger partial charge in [-0.2, -0.15) is 0 Å². The molecule has 0 saturated carbocycles. The van der Waals surface area contributed by atoms with Crippen LogP contribution in [-0.2, 0) is 9.53 Å². The molecule has 0 radical (unpaired) electrons. The van der Waals surface area contributed by atoms with Crippen LogP contribution >= 0.6 is 0 Å². The molecule has 26 heavy (non-hydrogen) atoms. The van der Waals surface area contributed by atoms with E-state index in [2.05, 4.69) is 21.9 Å². The van der Waals surface area contributed by atoms with Gasteiger partial charge in [-0.3, -0.25) is 9.59 Å². The molecule has 0 atom stereocenters. The molecule has 2 aromatic carbocycles. The van der Waals surface area contributed by atoms with Crippen LogP contribution in [0.4, 0.5) is 16.2 Å². The van der Waals surface area contributed by atoms with Gasteiger partial charge in [0.2, 0.25) is 5.91 Å². The van der Waals surface area contributed by atoms with Crippen molar-refractivity contribution in [3.63, 3.8) is 0 Å². The normalized spacial score (nSPS) is 9.73. The molecule has 0 fully saturated rings. The van der Waals surface area contributed by atoms with Crippen molar-refractivity contribution in [1.29, 1.82) is 0 Å². The Morgan fingerprint density at radius 3 is 2.19 bits per heavy atom.